The van der Waals surface area contributed by atoms with E-state index in [0.29, 0.717) is 34.7 Å². The van der Waals surface area contributed by atoms with E-state index in [0.717, 1.165) is 37.1 Å². The normalized spacial score (nSPS) is 15.5. The number of Topliss-reactive ketones (excluding diaryl/α,β-unsaturated/α-hetero) is 1. The van der Waals surface area contributed by atoms with Crippen LogP contribution in [0.2, 0.25) is 0 Å². The predicted molar refractivity (Wildman–Crippen MR) is 147 cm³/mol. The summed E-state index contributed by atoms with van der Waals surface area (Å²) >= 11 is 0. The summed E-state index contributed by atoms with van der Waals surface area (Å²) in [5, 5.41) is 0.394. The van der Waals surface area contributed by atoms with Crippen molar-refractivity contribution in [3.05, 3.63) is 94.3 Å². The van der Waals surface area contributed by atoms with Gasteiger partial charge >= 0.3 is 0 Å². The van der Waals surface area contributed by atoms with Crippen molar-refractivity contribution in [3.63, 3.8) is 0 Å². The number of likely N-dealkylation sites (tertiary alicyclic amines) is 1. The van der Waals surface area contributed by atoms with Crippen LogP contribution in [0, 0.1) is 5.82 Å². The molecule has 0 spiro atoms. The van der Waals surface area contributed by atoms with E-state index in [-0.39, 0.29) is 11.3 Å². The van der Waals surface area contributed by atoms with Crippen LogP contribution in [0.25, 0.3) is 22.0 Å². The SMILES string of the molecule is CCOc1ccc(F)cc1C(C(C)=O)n1cnc2ccc(-c3ccc(C4CCN(C)CC4)cc3)cc2c1=O. The zero-order valence-electron chi connectivity index (χ0n) is 22.0. The Bertz CT molecular complexity index is 1520. The summed E-state index contributed by atoms with van der Waals surface area (Å²) in [7, 11) is 2.16. The molecule has 196 valence electrons. The highest BCUT2D eigenvalue weighted by Gasteiger charge is 2.26. The summed E-state index contributed by atoms with van der Waals surface area (Å²) in [5.74, 6) is 0.101. The molecular weight excluding hydrogens is 481 g/mol. The monoisotopic (exact) mass is 513 g/mol. The van der Waals surface area contributed by atoms with E-state index < -0.39 is 11.9 Å². The molecule has 1 saturated heterocycles. The number of carbonyl (C=O) groups is 1. The maximum absolute atomic E-state index is 14.2. The second kappa shape index (κ2) is 10.9. The molecule has 0 saturated carbocycles. The van der Waals surface area contributed by atoms with E-state index in [9.17, 15) is 14.0 Å². The van der Waals surface area contributed by atoms with Crippen molar-refractivity contribution < 1.29 is 13.9 Å². The predicted octanol–water partition coefficient (Wildman–Crippen LogP) is 5.59. The molecular formula is C31H32FN3O3. The van der Waals surface area contributed by atoms with Gasteiger partial charge in [0, 0.05) is 5.56 Å². The largest absolute Gasteiger partial charge is 0.493 e. The van der Waals surface area contributed by atoms with E-state index in [2.05, 4.69) is 41.2 Å². The quantitative estimate of drug-likeness (QED) is 0.322. The number of hydrogen-bond acceptors (Lipinski definition) is 5. The van der Waals surface area contributed by atoms with Gasteiger partial charge in [-0.15, -0.1) is 0 Å². The lowest BCUT2D eigenvalue weighted by molar-refractivity contribution is -0.119. The number of carbonyl (C=O) groups excluding carboxylic acids is 1. The smallest absolute Gasteiger partial charge is 0.262 e. The van der Waals surface area contributed by atoms with Crippen molar-refractivity contribution >= 4 is 16.7 Å². The van der Waals surface area contributed by atoms with Crippen LogP contribution < -0.4 is 10.3 Å². The molecule has 3 aromatic carbocycles. The highest BCUT2D eigenvalue weighted by Crippen LogP contribution is 2.32. The number of ketones is 1. The van der Waals surface area contributed by atoms with Crippen molar-refractivity contribution in [2.24, 2.45) is 0 Å². The first-order valence-corrected chi connectivity index (χ1v) is 13.1. The first-order valence-electron chi connectivity index (χ1n) is 13.1. The average molecular weight is 514 g/mol. The van der Waals surface area contributed by atoms with Crippen molar-refractivity contribution in [1.82, 2.24) is 14.5 Å². The van der Waals surface area contributed by atoms with Gasteiger partial charge in [0.2, 0.25) is 0 Å². The molecule has 7 heteroatoms. The van der Waals surface area contributed by atoms with E-state index >= 15 is 0 Å². The fourth-order valence-corrected chi connectivity index (χ4v) is 5.37. The Kier molecular flexibility index (Phi) is 7.38. The summed E-state index contributed by atoms with van der Waals surface area (Å²) in [6, 6.07) is 17.1. The number of ether oxygens (including phenoxy) is 1. The molecule has 1 aromatic heterocycles. The van der Waals surface area contributed by atoms with Gasteiger partial charge in [0.05, 0.1) is 23.8 Å². The zero-order valence-corrected chi connectivity index (χ0v) is 22.0. The number of piperidine rings is 1. The van der Waals surface area contributed by atoms with E-state index in [4.69, 9.17) is 4.74 Å². The van der Waals surface area contributed by atoms with Crippen LogP contribution >= 0.6 is 0 Å². The number of rotatable bonds is 7. The van der Waals surface area contributed by atoms with Gasteiger partial charge in [-0.05, 0) is 99.8 Å². The molecule has 0 aliphatic carbocycles. The highest BCUT2D eigenvalue weighted by molar-refractivity contribution is 5.86. The van der Waals surface area contributed by atoms with Gasteiger partial charge in [-0.2, -0.15) is 0 Å². The van der Waals surface area contributed by atoms with Crippen LogP contribution in [0.15, 0.2) is 71.8 Å². The van der Waals surface area contributed by atoms with E-state index in [1.165, 1.54) is 41.6 Å². The molecule has 0 radical (unpaired) electrons. The second-order valence-corrected chi connectivity index (χ2v) is 10.0. The van der Waals surface area contributed by atoms with E-state index in [1.54, 1.807) is 0 Å². The Balaban J connectivity index is 1.53. The molecule has 2 heterocycles. The van der Waals surface area contributed by atoms with Crippen LogP contribution in [0.1, 0.15) is 49.8 Å². The first kappa shape index (κ1) is 25.8. The Labute approximate surface area is 221 Å². The minimum absolute atomic E-state index is 0.295. The summed E-state index contributed by atoms with van der Waals surface area (Å²) in [6.45, 7) is 5.75. The minimum Gasteiger partial charge on any atom is -0.493 e. The molecule has 5 rings (SSSR count). The molecule has 38 heavy (non-hydrogen) atoms. The number of aromatic nitrogens is 2. The van der Waals surface area contributed by atoms with Gasteiger partial charge in [0.25, 0.3) is 5.56 Å². The molecule has 1 unspecified atom stereocenters. The number of benzene rings is 3. The third-order valence-electron chi connectivity index (χ3n) is 7.45. The van der Waals surface area contributed by atoms with Gasteiger partial charge in [-0.1, -0.05) is 30.3 Å². The minimum atomic E-state index is -1.06. The maximum Gasteiger partial charge on any atom is 0.262 e. The maximum atomic E-state index is 14.2. The third-order valence-corrected chi connectivity index (χ3v) is 7.45. The molecule has 1 atom stereocenters. The van der Waals surface area contributed by atoms with Crippen LogP contribution in [-0.4, -0.2) is 47.0 Å². The van der Waals surface area contributed by atoms with Gasteiger partial charge < -0.3 is 9.64 Å². The lowest BCUT2D eigenvalue weighted by Crippen LogP contribution is -2.30. The fraction of sp³-hybridized carbons (Fsp3) is 0.323. The van der Waals surface area contributed by atoms with Crippen LogP contribution in [0.4, 0.5) is 4.39 Å². The van der Waals surface area contributed by atoms with Crippen molar-refractivity contribution in [2.75, 3.05) is 26.7 Å². The summed E-state index contributed by atoms with van der Waals surface area (Å²) < 4.78 is 21.1. The first-order chi connectivity index (χ1) is 18.4. The Morgan fingerprint density at radius 2 is 1.76 bits per heavy atom. The molecule has 0 amide bonds. The Hall–Kier alpha value is -3.84. The number of fused-ring (bicyclic) bond motifs is 1. The summed E-state index contributed by atoms with van der Waals surface area (Å²) in [6.07, 6.45) is 3.67. The molecule has 1 fully saturated rings. The molecule has 1 aliphatic rings. The average Bonchev–Trinajstić information content (AvgIpc) is 2.92. The van der Waals surface area contributed by atoms with Crippen LogP contribution in [0.5, 0.6) is 5.75 Å². The van der Waals surface area contributed by atoms with Gasteiger partial charge in [-0.25, -0.2) is 9.37 Å². The molecule has 1 aliphatic heterocycles. The summed E-state index contributed by atoms with van der Waals surface area (Å²) in [4.78, 5) is 33.3. The third kappa shape index (κ3) is 5.11. The Morgan fingerprint density at radius 3 is 2.45 bits per heavy atom. The molecule has 4 aromatic rings. The molecule has 6 nitrogen and oxygen atoms in total. The van der Waals surface area contributed by atoms with Crippen molar-refractivity contribution in [1.29, 1.82) is 0 Å². The summed E-state index contributed by atoms with van der Waals surface area (Å²) in [5.41, 5.74) is 3.70. The van der Waals surface area contributed by atoms with Crippen LogP contribution in [-0.2, 0) is 4.79 Å². The fourth-order valence-electron chi connectivity index (χ4n) is 5.37. The number of halogens is 1. The number of nitrogens with zero attached hydrogens (tertiary/aromatic N) is 3. The second-order valence-electron chi connectivity index (χ2n) is 10.0. The molecule has 0 N–H and O–H groups in total. The van der Waals surface area contributed by atoms with Gasteiger partial charge in [-0.3, -0.25) is 14.2 Å². The Morgan fingerprint density at radius 1 is 1.05 bits per heavy atom. The lowest BCUT2D eigenvalue weighted by atomic mass is 9.88. The van der Waals surface area contributed by atoms with Crippen molar-refractivity contribution in [3.8, 4) is 16.9 Å². The molecule has 0 bridgehead atoms. The topological polar surface area (TPSA) is 64.4 Å². The van der Waals surface area contributed by atoms with Crippen molar-refractivity contribution in [2.45, 2.75) is 38.6 Å². The van der Waals surface area contributed by atoms with Crippen LogP contribution in [0.3, 0.4) is 0 Å². The van der Waals surface area contributed by atoms with E-state index in [1.807, 2.05) is 25.1 Å². The van der Waals surface area contributed by atoms with Gasteiger partial charge in [0.1, 0.15) is 17.6 Å². The highest BCUT2D eigenvalue weighted by atomic mass is 19.1. The zero-order chi connectivity index (χ0) is 26.8. The van der Waals surface area contributed by atoms with Gasteiger partial charge in [0.15, 0.2) is 5.78 Å². The lowest BCUT2D eigenvalue weighted by Gasteiger charge is -2.29. The number of hydrogen-bond donors (Lipinski definition) is 0. The standard InChI is InChI=1S/C31H32FN3O3/c1-4-38-29-12-10-25(32)18-27(29)30(20(2)36)35-19-33-28-11-9-24(17-26(28)31(35)37)22-7-5-21(6-8-22)23-13-15-34(3)16-14-23/h5-12,17-19,23,30H,4,13-16H2,1-3H3.